The Labute approximate surface area is 179 Å². The first-order valence-corrected chi connectivity index (χ1v) is 10.8. The van der Waals surface area contributed by atoms with Gasteiger partial charge < -0.3 is 20.4 Å². The van der Waals surface area contributed by atoms with E-state index in [4.69, 9.17) is 0 Å². The van der Waals surface area contributed by atoms with Gasteiger partial charge in [0.2, 0.25) is 5.91 Å². The van der Waals surface area contributed by atoms with Crippen molar-refractivity contribution in [1.82, 2.24) is 4.90 Å². The third-order valence-corrected chi connectivity index (χ3v) is 5.53. The number of urea groups is 1. The van der Waals surface area contributed by atoms with Crippen LogP contribution in [-0.4, -0.2) is 42.5 Å². The van der Waals surface area contributed by atoms with Gasteiger partial charge in [-0.05, 0) is 70.0 Å². The standard InChI is InChI=1S/C24H32N4O2/c1-4-28(18(2)3)22-14-12-21(13-15-22)25-23(29)19-9-8-16-27(17-19)24(30)26-20-10-6-5-7-11-20/h5-7,10-15,18-19H,4,8-9,16-17H2,1-3H3,(H,25,29)(H,26,30). The lowest BCUT2D eigenvalue weighted by molar-refractivity contribution is -0.121. The van der Waals surface area contributed by atoms with Gasteiger partial charge in [0.1, 0.15) is 0 Å². The van der Waals surface area contributed by atoms with E-state index in [-0.39, 0.29) is 17.9 Å². The highest BCUT2D eigenvalue weighted by molar-refractivity contribution is 5.94. The van der Waals surface area contributed by atoms with Crippen molar-refractivity contribution in [3.05, 3.63) is 54.6 Å². The van der Waals surface area contributed by atoms with E-state index in [2.05, 4.69) is 36.3 Å². The summed E-state index contributed by atoms with van der Waals surface area (Å²) in [5.74, 6) is -0.237. The van der Waals surface area contributed by atoms with Gasteiger partial charge in [0.15, 0.2) is 0 Å². The minimum absolute atomic E-state index is 0.0313. The second kappa shape index (κ2) is 10.1. The predicted molar refractivity (Wildman–Crippen MR) is 123 cm³/mol. The Kier molecular flexibility index (Phi) is 7.33. The van der Waals surface area contributed by atoms with Crippen molar-refractivity contribution in [3.63, 3.8) is 0 Å². The number of carbonyl (C=O) groups is 2. The molecule has 1 heterocycles. The minimum atomic E-state index is -0.206. The number of piperidine rings is 1. The van der Waals surface area contributed by atoms with Gasteiger partial charge in [-0.25, -0.2) is 4.79 Å². The number of rotatable bonds is 6. The van der Waals surface area contributed by atoms with E-state index in [9.17, 15) is 9.59 Å². The monoisotopic (exact) mass is 408 g/mol. The number of likely N-dealkylation sites (tertiary alicyclic amines) is 1. The first-order valence-electron chi connectivity index (χ1n) is 10.8. The number of nitrogens with one attached hydrogen (secondary N) is 2. The molecule has 1 aliphatic rings. The lowest BCUT2D eigenvalue weighted by atomic mass is 9.97. The summed E-state index contributed by atoms with van der Waals surface area (Å²) < 4.78 is 0. The third-order valence-electron chi connectivity index (χ3n) is 5.53. The van der Waals surface area contributed by atoms with Crippen molar-refractivity contribution in [1.29, 1.82) is 0 Å². The van der Waals surface area contributed by atoms with Gasteiger partial charge in [-0.1, -0.05) is 18.2 Å². The molecule has 0 radical (unpaired) electrons. The summed E-state index contributed by atoms with van der Waals surface area (Å²) in [6.45, 7) is 8.51. The highest BCUT2D eigenvalue weighted by Gasteiger charge is 2.28. The number of hydrogen-bond donors (Lipinski definition) is 2. The fraction of sp³-hybridized carbons (Fsp3) is 0.417. The summed E-state index contributed by atoms with van der Waals surface area (Å²) in [6.07, 6.45) is 1.61. The average Bonchev–Trinajstić information content (AvgIpc) is 2.76. The molecule has 0 bridgehead atoms. The molecule has 0 aromatic heterocycles. The number of hydrogen-bond acceptors (Lipinski definition) is 3. The Morgan fingerprint density at radius 3 is 2.33 bits per heavy atom. The van der Waals surface area contributed by atoms with Crippen LogP contribution in [0.25, 0.3) is 0 Å². The van der Waals surface area contributed by atoms with Gasteiger partial charge in [-0.2, -0.15) is 0 Å². The van der Waals surface area contributed by atoms with E-state index in [1.165, 1.54) is 0 Å². The molecule has 0 saturated carbocycles. The molecule has 0 aliphatic carbocycles. The van der Waals surface area contributed by atoms with Crippen molar-refractivity contribution in [3.8, 4) is 0 Å². The number of amides is 3. The summed E-state index contributed by atoms with van der Waals surface area (Å²) in [5.41, 5.74) is 2.69. The molecule has 1 atom stereocenters. The van der Waals surface area contributed by atoms with Gasteiger partial charge >= 0.3 is 6.03 Å². The van der Waals surface area contributed by atoms with E-state index < -0.39 is 0 Å². The zero-order valence-electron chi connectivity index (χ0n) is 18.1. The smallest absolute Gasteiger partial charge is 0.321 e. The Hall–Kier alpha value is -3.02. The molecule has 1 unspecified atom stereocenters. The second-order valence-corrected chi connectivity index (χ2v) is 8.00. The summed E-state index contributed by atoms with van der Waals surface area (Å²) in [4.78, 5) is 29.4. The molecule has 1 fully saturated rings. The largest absolute Gasteiger partial charge is 0.369 e. The van der Waals surface area contributed by atoms with E-state index in [1.54, 1.807) is 4.90 Å². The number of para-hydroxylation sites is 1. The molecule has 6 nitrogen and oxygen atoms in total. The molecule has 1 aliphatic heterocycles. The normalized spacial score (nSPS) is 16.3. The van der Waals surface area contributed by atoms with Crippen LogP contribution in [0.4, 0.5) is 21.9 Å². The number of nitrogens with zero attached hydrogens (tertiary/aromatic N) is 2. The maximum atomic E-state index is 12.8. The summed E-state index contributed by atoms with van der Waals surface area (Å²) in [7, 11) is 0. The Balaban J connectivity index is 1.56. The van der Waals surface area contributed by atoms with Crippen LogP contribution in [0.2, 0.25) is 0 Å². The Bertz CT molecular complexity index is 836. The number of carbonyl (C=O) groups excluding carboxylic acids is 2. The van der Waals surface area contributed by atoms with E-state index in [0.29, 0.717) is 19.1 Å². The topological polar surface area (TPSA) is 64.7 Å². The van der Waals surface area contributed by atoms with Crippen LogP contribution in [0.5, 0.6) is 0 Å². The quantitative estimate of drug-likeness (QED) is 0.721. The average molecular weight is 409 g/mol. The molecule has 3 amide bonds. The van der Waals surface area contributed by atoms with Crippen LogP contribution < -0.4 is 15.5 Å². The third kappa shape index (κ3) is 5.53. The van der Waals surface area contributed by atoms with Crippen LogP contribution in [0.1, 0.15) is 33.6 Å². The molecule has 160 valence electrons. The van der Waals surface area contributed by atoms with Gasteiger partial charge in [0, 0.05) is 42.7 Å². The van der Waals surface area contributed by atoms with Crippen molar-refractivity contribution >= 4 is 29.0 Å². The first-order chi connectivity index (χ1) is 14.5. The molecular formula is C24H32N4O2. The van der Waals surface area contributed by atoms with Crippen LogP contribution in [0.15, 0.2) is 54.6 Å². The van der Waals surface area contributed by atoms with Gasteiger partial charge in [0.25, 0.3) is 0 Å². The molecule has 2 aromatic rings. The fourth-order valence-electron chi connectivity index (χ4n) is 3.93. The van der Waals surface area contributed by atoms with Crippen molar-refractivity contribution in [2.75, 3.05) is 35.2 Å². The van der Waals surface area contributed by atoms with Crippen LogP contribution in [0.3, 0.4) is 0 Å². The fourth-order valence-corrected chi connectivity index (χ4v) is 3.93. The molecule has 0 spiro atoms. The lowest BCUT2D eigenvalue weighted by Gasteiger charge is -2.32. The minimum Gasteiger partial charge on any atom is -0.369 e. The molecule has 1 saturated heterocycles. The van der Waals surface area contributed by atoms with E-state index in [0.717, 1.165) is 36.4 Å². The van der Waals surface area contributed by atoms with Crippen LogP contribution >= 0.6 is 0 Å². The Morgan fingerprint density at radius 2 is 1.70 bits per heavy atom. The maximum absolute atomic E-state index is 12.8. The zero-order chi connectivity index (χ0) is 21.5. The highest BCUT2D eigenvalue weighted by atomic mass is 16.2. The van der Waals surface area contributed by atoms with Crippen molar-refractivity contribution in [2.45, 2.75) is 39.7 Å². The molecule has 30 heavy (non-hydrogen) atoms. The van der Waals surface area contributed by atoms with Crippen molar-refractivity contribution in [2.24, 2.45) is 5.92 Å². The second-order valence-electron chi connectivity index (χ2n) is 8.00. The molecule has 6 heteroatoms. The predicted octanol–water partition coefficient (Wildman–Crippen LogP) is 4.80. The zero-order valence-corrected chi connectivity index (χ0v) is 18.1. The summed E-state index contributed by atoms with van der Waals surface area (Å²) in [5, 5.41) is 5.92. The first kappa shape index (κ1) is 21.7. The maximum Gasteiger partial charge on any atom is 0.321 e. The highest BCUT2D eigenvalue weighted by Crippen LogP contribution is 2.23. The SMILES string of the molecule is CCN(c1ccc(NC(=O)C2CCCN(C(=O)Nc3ccccc3)C2)cc1)C(C)C. The van der Waals surface area contributed by atoms with Crippen LogP contribution in [-0.2, 0) is 4.79 Å². The van der Waals surface area contributed by atoms with Gasteiger partial charge in [-0.3, -0.25) is 4.79 Å². The van der Waals surface area contributed by atoms with E-state index >= 15 is 0 Å². The summed E-state index contributed by atoms with van der Waals surface area (Å²) >= 11 is 0. The van der Waals surface area contributed by atoms with E-state index in [1.807, 2.05) is 54.6 Å². The van der Waals surface area contributed by atoms with Crippen LogP contribution in [0, 0.1) is 5.92 Å². The van der Waals surface area contributed by atoms with Crippen molar-refractivity contribution < 1.29 is 9.59 Å². The molecule has 3 rings (SSSR count). The molecule has 2 aromatic carbocycles. The molecule has 2 N–H and O–H groups in total. The number of benzene rings is 2. The van der Waals surface area contributed by atoms with Gasteiger partial charge in [0.05, 0.1) is 5.92 Å². The lowest BCUT2D eigenvalue weighted by Crippen LogP contribution is -2.45. The number of anilines is 3. The molecular weight excluding hydrogens is 376 g/mol. The van der Waals surface area contributed by atoms with Gasteiger partial charge in [-0.15, -0.1) is 0 Å². The Morgan fingerprint density at radius 1 is 1.03 bits per heavy atom. The summed E-state index contributed by atoms with van der Waals surface area (Å²) in [6, 6.07) is 17.6.